The lowest BCUT2D eigenvalue weighted by molar-refractivity contribution is -0.128. The van der Waals surface area contributed by atoms with Crippen molar-refractivity contribution in [2.24, 2.45) is 16.8 Å². The van der Waals surface area contributed by atoms with Gasteiger partial charge in [0.25, 0.3) is 5.91 Å². The standard InChI is InChI=1S/C25H31ClN4O/c1-18(2)15-25(24(31)28-14-11-19-9-12-27-13-10-19)23(21-5-7-22(26)8-6-21)30(17-29-25)16-20-3-4-20/h5-10,12-13,17-18,20,23H,3-4,11,14-16H2,1-2H3,(H,28,31)/t23-,25+/m0/s1. The third-order valence-corrected chi connectivity index (χ3v) is 6.39. The van der Waals surface area contributed by atoms with Crippen LogP contribution in [0.4, 0.5) is 0 Å². The van der Waals surface area contributed by atoms with Gasteiger partial charge in [-0.1, -0.05) is 37.6 Å². The van der Waals surface area contributed by atoms with E-state index in [0.717, 1.165) is 24.1 Å². The van der Waals surface area contributed by atoms with Crippen LogP contribution in [0.2, 0.25) is 5.02 Å². The summed E-state index contributed by atoms with van der Waals surface area (Å²) in [6, 6.07) is 11.8. The lowest BCUT2D eigenvalue weighted by atomic mass is 9.78. The molecule has 2 atom stereocenters. The fourth-order valence-corrected chi connectivity index (χ4v) is 4.66. The summed E-state index contributed by atoms with van der Waals surface area (Å²) in [5.41, 5.74) is 1.41. The van der Waals surface area contributed by atoms with Crippen molar-refractivity contribution in [3.05, 3.63) is 64.9 Å². The van der Waals surface area contributed by atoms with Crippen LogP contribution in [0.15, 0.2) is 53.8 Å². The van der Waals surface area contributed by atoms with Crippen molar-refractivity contribution in [3.8, 4) is 0 Å². The van der Waals surface area contributed by atoms with Gasteiger partial charge >= 0.3 is 0 Å². The minimum atomic E-state index is -0.838. The van der Waals surface area contributed by atoms with Gasteiger partial charge in [-0.3, -0.25) is 14.8 Å². The molecule has 2 aromatic rings. The van der Waals surface area contributed by atoms with E-state index in [0.29, 0.717) is 29.8 Å². The molecule has 164 valence electrons. The van der Waals surface area contributed by atoms with E-state index in [2.05, 4.69) is 29.0 Å². The molecule has 2 aliphatic rings. The fourth-order valence-electron chi connectivity index (χ4n) is 4.54. The molecule has 1 aromatic heterocycles. The molecule has 1 aromatic carbocycles. The molecular weight excluding hydrogens is 408 g/mol. The molecule has 0 spiro atoms. The average Bonchev–Trinajstić information content (AvgIpc) is 3.50. The minimum Gasteiger partial charge on any atom is -0.354 e. The van der Waals surface area contributed by atoms with Crippen LogP contribution >= 0.6 is 11.6 Å². The molecule has 1 amide bonds. The summed E-state index contributed by atoms with van der Waals surface area (Å²) in [4.78, 5) is 25.0. The normalized spacial score (nSPS) is 22.8. The fraction of sp³-hybridized carbons (Fsp3) is 0.480. The highest BCUT2D eigenvalue weighted by Crippen LogP contribution is 2.45. The second-order valence-corrected chi connectivity index (χ2v) is 9.66. The predicted octanol–water partition coefficient (Wildman–Crippen LogP) is 4.67. The number of nitrogens with zero attached hydrogens (tertiary/aromatic N) is 3. The Morgan fingerprint density at radius 1 is 1.19 bits per heavy atom. The number of halogens is 1. The molecule has 6 heteroatoms. The van der Waals surface area contributed by atoms with E-state index in [1.54, 1.807) is 12.4 Å². The van der Waals surface area contributed by atoms with Crippen molar-refractivity contribution in [3.63, 3.8) is 0 Å². The van der Waals surface area contributed by atoms with Crippen molar-refractivity contribution < 1.29 is 4.79 Å². The summed E-state index contributed by atoms with van der Waals surface area (Å²) in [5.74, 6) is 1.04. The van der Waals surface area contributed by atoms with Crippen LogP contribution in [0.25, 0.3) is 0 Å². The Hall–Kier alpha value is -2.40. The molecule has 5 nitrogen and oxygen atoms in total. The van der Waals surface area contributed by atoms with Crippen LogP contribution in [-0.2, 0) is 11.2 Å². The number of aromatic nitrogens is 1. The zero-order chi connectivity index (χ0) is 21.8. The molecular formula is C25H31ClN4O. The number of carbonyl (C=O) groups excluding carboxylic acids is 1. The van der Waals surface area contributed by atoms with E-state index in [1.165, 1.54) is 12.8 Å². The smallest absolute Gasteiger partial charge is 0.250 e. The molecule has 1 aliphatic heterocycles. The van der Waals surface area contributed by atoms with Crippen molar-refractivity contribution in [1.82, 2.24) is 15.2 Å². The first-order valence-corrected chi connectivity index (χ1v) is 11.6. The highest BCUT2D eigenvalue weighted by atomic mass is 35.5. The van der Waals surface area contributed by atoms with E-state index in [1.807, 2.05) is 42.7 Å². The number of aliphatic imine (C=N–C) groups is 1. The quantitative estimate of drug-likeness (QED) is 0.618. The van der Waals surface area contributed by atoms with Gasteiger partial charge in [0.2, 0.25) is 0 Å². The Morgan fingerprint density at radius 2 is 1.90 bits per heavy atom. The van der Waals surface area contributed by atoms with Crippen molar-refractivity contribution in [2.75, 3.05) is 13.1 Å². The van der Waals surface area contributed by atoms with Gasteiger partial charge in [0.05, 0.1) is 12.4 Å². The number of hydrogen-bond donors (Lipinski definition) is 1. The molecule has 4 rings (SSSR count). The number of amides is 1. The molecule has 0 unspecified atom stereocenters. The number of benzene rings is 1. The van der Waals surface area contributed by atoms with E-state index in [9.17, 15) is 4.79 Å². The highest BCUT2D eigenvalue weighted by Gasteiger charge is 2.52. The van der Waals surface area contributed by atoms with Gasteiger partial charge in [-0.05, 0) is 72.9 Å². The van der Waals surface area contributed by atoms with Gasteiger partial charge in [-0.15, -0.1) is 0 Å². The lowest BCUT2D eigenvalue weighted by Crippen LogP contribution is -2.52. The van der Waals surface area contributed by atoms with Gasteiger partial charge in [-0.25, -0.2) is 0 Å². The largest absolute Gasteiger partial charge is 0.354 e. The number of carbonyl (C=O) groups is 1. The van der Waals surface area contributed by atoms with Crippen LogP contribution < -0.4 is 5.32 Å². The predicted molar refractivity (Wildman–Crippen MR) is 125 cm³/mol. The third-order valence-electron chi connectivity index (χ3n) is 6.13. The first kappa shape index (κ1) is 21.8. The molecule has 1 aliphatic carbocycles. The second-order valence-electron chi connectivity index (χ2n) is 9.22. The number of hydrogen-bond acceptors (Lipinski definition) is 4. The number of rotatable bonds is 9. The van der Waals surface area contributed by atoms with Crippen LogP contribution in [0.1, 0.15) is 50.3 Å². The summed E-state index contributed by atoms with van der Waals surface area (Å²) in [6.07, 6.45) is 9.46. The molecule has 31 heavy (non-hydrogen) atoms. The number of pyridine rings is 1. The zero-order valence-electron chi connectivity index (χ0n) is 18.3. The average molecular weight is 439 g/mol. The maximum atomic E-state index is 13.7. The molecule has 1 saturated carbocycles. The highest BCUT2D eigenvalue weighted by molar-refractivity contribution is 6.30. The first-order valence-electron chi connectivity index (χ1n) is 11.2. The third kappa shape index (κ3) is 5.09. The van der Waals surface area contributed by atoms with E-state index >= 15 is 0 Å². The first-order chi connectivity index (χ1) is 15.0. The van der Waals surface area contributed by atoms with E-state index in [4.69, 9.17) is 16.6 Å². The number of nitrogens with one attached hydrogen (secondary N) is 1. The monoisotopic (exact) mass is 438 g/mol. The van der Waals surface area contributed by atoms with E-state index < -0.39 is 5.54 Å². The van der Waals surface area contributed by atoms with Gasteiger partial charge in [0, 0.05) is 30.5 Å². The Kier molecular flexibility index (Phi) is 6.61. The minimum absolute atomic E-state index is 0.00440. The Labute approximate surface area is 189 Å². The maximum absolute atomic E-state index is 13.7. The topological polar surface area (TPSA) is 57.6 Å². The Balaban J connectivity index is 1.59. The maximum Gasteiger partial charge on any atom is 0.250 e. The zero-order valence-corrected chi connectivity index (χ0v) is 19.1. The van der Waals surface area contributed by atoms with E-state index in [-0.39, 0.29) is 11.9 Å². The molecule has 2 heterocycles. The molecule has 0 saturated heterocycles. The van der Waals surface area contributed by atoms with Gasteiger partial charge in [0.15, 0.2) is 5.54 Å². The van der Waals surface area contributed by atoms with Crippen LogP contribution in [0.5, 0.6) is 0 Å². The lowest BCUT2D eigenvalue weighted by Gasteiger charge is -2.38. The summed E-state index contributed by atoms with van der Waals surface area (Å²) in [5, 5.41) is 3.90. The summed E-state index contributed by atoms with van der Waals surface area (Å²) in [6.45, 7) is 5.84. The molecule has 0 bridgehead atoms. The molecule has 1 fully saturated rings. The summed E-state index contributed by atoms with van der Waals surface area (Å²) in [7, 11) is 0. The molecule has 0 radical (unpaired) electrons. The Morgan fingerprint density at radius 3 is 2.55 bits per heavy atom. The van der Waals surface area contributed by atoms with Crippen LogP contribution in [-0.4, -0.2) is 40.8 Å². The van der Waals surface area contributed by atoms with Crippen molar-refractivity contribution in [2.45, 2.75) is 51.1 Å². The van der Waals surface area contributed by atoms with Crippen LogP contribution in [0.3, 0.4) is 0 Å². The summed E-state index contributed by atoms with van der Waals surface area (Å²) < 4.78 is 0. The van der Waals surface area contributed by atoms with Gasteiger partial charge in [0.1, 0.15) is 0 Å². The summed E-state index contributed by atoms with van der Waals surface area (Å²) >= 11 is 6.17. The van der Waals surface area contributed by atoms with Crippen molar-refractivity contribution >= 4 is 23.8 Å². The van der Waals surface area contributed by atoms with Crippen molar-refractivity contribution in [1.29, 1.82) is 0 Å². The SMILES string of the molecule is CC(C)C[C@@]1(C(=O)NCCc2ccncc2)N=CN(CC2CC2)[C@H]1c1ccc(Cl)cc1. The molecule has 1 N–H and O–H groups in total. The van der Waals surface area contributed by atoms with Gasteiger partial charge in [-0.2, -0.15) is 0 Å². The second kappa shape index (κ2) is 9.39. The van der Waals surface area contributed by atoms with Crippen LogP contribution in [0, 0.1) is 11.8 Å². The van der Waals surface area contributed by atoms with Gasteiger partial charge < -0.3 is 10.2 Å². The Bertz CT molecular complexity index is 911.